The van der Waals surface area contributed by atoms with Gasteiger partial charge in [0.15, 0.2) is 0 Å². The molecule has 4 heteroatoms. The van der Waals surface area contributed by atoms with E-state index in [4.69, 9.17) is 5.26 Å². The van der Waals surface area contributed by atoms with Crippen LogP contribution >= 0.6 is 0 Å². The van der Waals surface area contributed by atoms with Crippen molar-refractivity contribution in [2.24, 2.45) is 0 Å². The fourth-order valence-electron chi connectivity index (χ4n) is 1.76. The first-order valence-electron chi connectivity index (χ1n) is 4.62. The molecule has 0 aromatic carbocycles. The van der Waals surface area contributed by atoms with Crippen LogP contribution in [0.3, 0.4) is 0 Å². The van der Waals surface area contributed by atoms with Crippen LogP contribution in [0.5, 0.6) is 0 Å². The molecule has 1 saturated carbocycles. The Morgan fingerprint density at radius 2 is 2.29 bits per heavy atom. The molecule has 2 aromatic heterocycles. The van der Waals surface area contributed by atoms with Crippen LogP contribution in [0.1, 0.15) is 30.0 Å². The van der Waals surface area contributed by atoms with Gasteiger partial charge in [-0.25, -0.2) is 9.97 Å². The number of imidazole rings is 1. The van der Waals surface area contributed by atoms with E-state index in [1.807, 2.05) is 10.6 Å². The summed E-state index contributed by atoms with van der Waals surface area (Å²) >= 11 is 0. The van der Waals surface area contributed by atoms with Crippen LogP contribution in [0.15, 0.2) is 18.6 Å². The van der Waals surface area contributed by atoms with Crippen LogP contribution < -0.4 is 0 Å². The molecule has 0 amide bonds. The maximum atomic E-state index is 8.97. The molecule has 0 atom stereocenters. The van der Waals surface area contributed by atoms with Crippen LogP contribution in [0.25, 0.3) is 5.78 Å². The van der Waals surface area contributed by atoms with Crippen molar-refractivity contribution in [2.45, 2.75) is 18.8 Å². The van der Waals surface area contributed by atoms with Gasteiger partial charge in [-0.1, -0.05) is 0 Å². The van der Waals surface area contributed by atoms with Gasteiger partial charge in [0, 0.05) is 24.0 Å². The van der Waals surface area contributed by atoms with Crippen LogP contribution in [0.4, 0.5) is 0 Å². The maximum Gasteiger partial charge on any atom is 0.233 e. The summed E-state index contributed by atoms with van der Waals surface area (Å²) in [4.78, 5) is 8.22. The quantitative estimate of drug-likeness (QED) is 0.674. The summed E-state index contributed by atoms with van der Waals surface area (Å²) in [5.74, 6) is 1.22. The highest BCUT2D eigenvalue weighted by atomic mass is 15.1. The van der Waals surface area contributed by atoms with Gasteiger partial charge in [-0.15, -0.1) is 0 Å². The fraction of sp³-hybridized carbons (Fsp3) is 0.300. The molecule has 2 aromatic rings. The van der Waals surface area contributed by atoms with Crippen molar-refractivity contribution in [3.63, 3.8) is 0 Å². The number of nitriles is 1. The second-order valence-electron chi connectivity index (χ2n) is 3.54. The summed E-state index contributed by atoms with van der Waals surface area (Å²) in [6, 6.07) is 2.19. The number of fused-ring (bicyclic) bond motifs is 1. The minimum Gasteiger partial charge on any atom is -0.287 e. The van der Waals surface area contributed by atoms with Gasteiger partial charge in [0.05, 0.1) is 11.8 Å². The smallest absolute Gasteiger partial charge is 0.233 e. The zero-order valence-electron chi connectivity index (χ0n) is 7.51. The summed E-state index contributed by atoms with van der Waals surface area (Å²) in [6.45, 7) is 0. The maximum absolute atomic E-state index is 8.97. The van der Waals surface area contributed by atoms with Crippen molar-refractivity contribution < 1.29 is 0 Å². The van der Waals surface area contributed by atoms with Crippen molar-refractivity contribution in [3.8, 4) is 6.07 Å². The zero-order chi connectivity index (χ0) is 9.54. The van der Waals surface area contributed by atoms with Gasteiger partial charge < -0.3 is 0 Å². The normalized spacial score (nSPS) is 15.6. The van der Waals surface area contributed by atoms with Gasteiger partial charge in [0.1, 0.15) is 6.07 Å². The van der Waals surface area contributed by atoms with E-state index in [-0.39, 0.29) is 0 Å². The van der Waals surface area contributed by atoms with Crippen molar-refractivity contribution in [1.82, 2.24) is 14.4 Å². The van der Waals surface area contributed by atoms with Gasteiger partial charge in [-0.05, 0) is 12.8 Å². The summed E-state index contributed by atoms with van der Waals surface area (Å²) in [5, 5.41) is 8.97. The SMILES string of the molecule is N#Cc1cnc2nccn2c1C1CC1. The van der Waals surface area contributed by atoms with Crippen molar-refractivity contribution in [2.75, 3.05) is 0 Å². The standard InChI is InChI=1S/C10H8N4/c11-5-8-6-13-10-12-3-4-14(10)9(8)7-1-2-7/h3-4,6-7H,1-2H2. The lowest BCUT2D eigenvalue weighted by Crippen LogP contribution is -2.00. The molecule has 0 spiro atoms. The van der Waals surface area contributed by atoms with Crippen LogP contribution in [-0.2, 0) is 0 Å². The number of aromatic nitrogens is 3. The predicted octanol–water partition coefficient (Wildman–Crippen LogP) is 1.48. The number of hydrogen-bond donors (Lipinski definition) is 0. The van der Waals surface area contributed by atoms with E-state index >= 15 is 0 Å². The molecule has 3 rings (SSSR count). The minimum absolute atomic E-state index is 0.532. The molecule has 0 N–H and O–H groups in total. The molecular formula is C10H8N4. The Hall–Kier alpha value is -1.89. The molecule has 2 heterocycles. The lowest BCUT2D eigenvalue weighted by Gasteiger charge is -2.04. The topological polar surface area (TPSA) is 54.0 Å². The fourth-order valence-corrected chi connectivity index (χ4v) is 1.76. The molecular weight excluding hydrogens is 176 g/mol. The largest absolute Gasteiger partial charge is 0.287 e. The molecule has 0 unspecified atom stereocenters. The van der Waals surface area contributed by atoms with Crippen LogP contribution in [-0.4, -0.2) is 14.4 Å². The van der Waals surface area contributed by atoms with Gasteiger partial charge >= 0.3 is 0 Å². The van der Waals surface area contributed by atoms with Gasteiger partial charge in [-0.2, -0.15) is 5.26 Å². The van der Waals surface area contributed by atoms with E-state index in [0.717, 1.165) is 5.69 Å². The first kappa shape index (κ1) is 7.51. The Bertz CT molecular complexity index is 531. The van der Waals surface area contributed by atoms with Gasteiger partial charge in [-0.3, -0.25) is 4.40 Å². The molecule has 0 radical (unpaired) electrons. The van der Waals surface area contributed by atoms with Crippen LogP contribution in [0.2, 0.25) is 0 Å². The number of nitrogens with zero attached hydrogens (tertiary/aromatic N) is 4. The Morgan fingerprint density at radius 3 is 3.00 bits per heavy atom. The third kappa shape index (κ3) is 0.925. The Balaban J connectivity index is 2.38. The second-order valence-corrected chi connectivity index (χ2v) is 3.54. The molecule has 4 nitrogen and oxygen atoms in total. The van der Waals surface area contributed by atoms with E-state index in [1.165, 1.54) is 12.8 Å². The highest BCUT2D eigenvalue weighted by Gasteiger charge is 2.28. The molecule has 14 heavy (non-hydrogen) atoms. The molecule has 0 saturated heterocycles. The average molecular weight is 184 g/mol. The number of rotatable bonds is 1. The summed E-state index contributed by atoms with van der Waals surface area (Å²) in [6.07, 6.45) is 7.56. The monoisotopic (exact) mass is 184 g/mol. The molecule has 0 bridgehead atoms. The van der Waals surface area contributed by atoms with E-state index in [1.54, 1.807) is 12.4 Å². The lowest BCUT2D eigenvalue weighted by atomic mass is 10.2. The highest BCUT2D eigenvalue weighted by molar-refractivity contribution is 5.43. The van der Waals surface area contributed by atoms with Gasteiger partial charge in [0.25, 0.3) is 0 Å². The Labute approximate surface area is 80.8 Å². The van der Waals surface area contributed by atoms with E-state index in [0.29, 0.717) is 17.3 Å². The zero-order valence-corrected chi connectivity index (χ0v) is 7.51. The molecule has 1 fully saturated rings. The molecule has 1 aliphatic carbocycles. The van der Waals surface area contributed by atoms with E-state index in [2.05, 4.69) is 16.0 Å². The predicted molar refractivity (Wildman–Crippen MR) is 49.7 cm³/mol. The van der Waals surface area contributed by atoms with E-state index < -0.39 is 0 Å². The first-order chi connectivity index (χ1) is 6.90. The minimum atomic E-state index is 0.532. The first-order valence-corrected chi connectivity index (χ1v) is 4.62. The second kappa shape index (κ2) is 2.55. The highest BCUT2D eigenvalue weighted by Crippen LogP contribution is 2.41. The van der Waals surface area contributed by atoms with Crippen LogP contribution in [0, 0.1) is 11.3 Å². The van der Waals surface area contributed by atoms with Gasteiger partial charge in [0.2, 0.25) is 5.78 Å². The Kier molecular flexibility index (Phi) is 1.37. The summed E-state index contributed by atoms with van der Waals surface area (Å²) in [7, 11) is 0. The summed E-state index contributed by atoms with van der Waals surface area (Å²) in [5.41, 5.74) is 1.76. The Morgan fingerprint density at radius 1 is 1.43 bits per heavy atom. The van der Waals surface area contributed by atoms with E-state index in [9.17, 15) is 0 Å². The summed E-state index contributed by atoms with van der Waals surface area (Å²) < 4.78 is 1.93. The lowest BCUT2D eigenvalue weighted by molar-refractivity contribution is 0.933. The number of hydrogen-bond acceptors (Lipinski definition) is 3. The third-order valence-corrected chi connectivity index (χ3v) is 2.55. The van der Waals surface area contributed by atoms with Crippen molar-refractivity contribution in [1.29, 1.82) is 5.26 Å². The van der Waals surface area contributed by atoms with Crippen molar-refractivity contribution in [3.05, 3.63) is 29.8 Å². The molecule has 1 aliphatic rings. The van der Waals surface area contributed by atoms with Crippen molar-refractivity contribution >= 4 is 5.78 Å². The molecule has 68 valence electrons. The average Bonchev–Trinajstić information content (AvgIpc) is 2.93. The third-order valence-electron chi connectivity index (χ3n) is 2.55. The molecule has 0 aliphatic heterocycles.